The summed E-state index contributed by atoms with van der Waals surface area (Å²) in [5.41, 5.74) is -0.149. The fourth-order valence-corrected chi connectivity index (χ4v) is 1.97. The number of ketones is 1. The molecule has 0 amide bonds. The molecule has 0 N–H and O–H groups in total. The number of Topliss-reactive ketones (excluding diaryl/α,β-unsaturated/α-hetero) is 1. The van der Waals surface area contributed by atoms with Crippen molar-refractivity contribution in [3.05, 3.63) is 11.9 Å². The average Bonchev–Trinajstić information content (AvgIpc) is 2.49. The Balaban J connectivity index is 2.59. The number of allylic oxidation sites excluding steroid dienone is 1. The molecule has 0 aliphatic carbocycles. The molecule has 0 bridgehead atoms. The topological polar surface area (TPSA) is 20.3 Å². The van der Waals surface area contributed by atoms with Crippen LogP contribution in [0.5, 0.6) is 0 Å². The number of hydrogen-bond acceptors (Lipinski definition) is 2. The Kier molecular flexibility index (Phi) is 4.25. The van der Waals surface area contributed by atoms with E-state index in [0.717, 1.165) is 19.4 Å². The Bertz CT molecular complexity index is 291. The predicted octanol–water partition coefficient (Wildman–Crippen LogP) is 2.94. The monoisotopic (exact) mass is 227 g/mol. The summed E-state index contributed by atoms with van der Waals surface area (Å²) in [7, 11) is 1.97. The van der Waals surface area contributed by atoms with E-state index in [-0.39, 0.29) is 23.7 Å². The second-order valence-electron chi connectivity index (χ2n) is 5.87. The van der Waals surface area contributed by atoms with Gasteiger partial charge in [-0.05, 0) is 37.9 Å². The van der Waals surface area contributed by atoms with Crippen LogP contribution in [-0.4, -0.2) is 30.3 Å². The van der Waals surface area contributed by atoms with Crippen molar-refractivity contribution in [2.45, 2.75) is 46.1 Å². The highest BCUT2D eigenvalue weighted by atomic mass is 19.1. The third-order valence-corrected chi connectivity index (χ3v) is 2.87. The summed E-state index contributed by atoms with van der Waals surface area (Å²) in [6.07, 6.45) is 3.79. The van der Waals surface area contributed by atoms with Crippen LogP contribution in [0.3, 0.4) is 0 Å². The fraction of sp³-hybridized carbons (Fsp3) is 0.769. The standard InChI is InChI=1S/C13H22FNO/c1-13(2,3)9-12(16)11(14)8-10-6-5-7-15(10)4/h8,10H,5-7,9H2,1-4H3/b11-8-/t10-/m0/s1. The van der Waals surface area contributed by atoms with E-state index in [4.69, 9.17) is 0 Å². The lowest BCUT2D eigenvalue weighted by molar-refractivity contribution is -0.118. The van der Waals surface area contributed by atoms with E-state index >= 15 is 0 Å². The minimum absolute atomic E-state index is 0.101. The van der Waals surface area contributed by atoms with Gasteiger partial charge in [-0.1, -0.05) is 20.8 Å². The van der Waals surface area contributed by atoms with Crippen LogP contribution in [0.4, 0.5) is 4.39 Å². The first-order chi connectivity index (χ1) is 7.29. The Labute approximate surface area is 97.5 Å². The zero-order valence-electron chi connectivity index (χ0n) is 10.7. The van der Waals surface area contributed by atoms with Gasteiger partial charge in [-0.25, -0.2) is 4.39 Å². The largest absolute Gasteiger partial charge is 0.300 e. The van der Waals surface area contributed by atoms with Crippen LogP contribution in [0.1, 0.15) is 40.0 Å². The molecule has 1 saturated heterocycles. The fourth-order valence-electron chi connectivity index (χ4n) is 1.97. The summed E-state index contributed by atoms with van der Waals surface area (Å²) in [6, 6.07) is 0.101. The maximum absolute atomic E-state index is 13.6. The number of likely N-dealkylation sites (N-methyl/N-ethyl adjacent to an activating group) is 1. The van der Waals surface area contributed by atoms with Gasteiger partial charge >= 0.3 is 0 Å². The van der Waals surface area contributed by atoms with Crippen LogP contribution in [-0.2, 0) is 4.79 Å². The number of likely N-dealkylation sites (tertiary alicyclic amines) is 1. The van der Waals surface area contributed by atoms with Crippen molar-refractivity contribution in [2.24, 2.45) is 5.41 Å². The maximum Gasteiger partial charge on any atom is 0.191 e. The van der Waals surface area contributed by atoms with Crippen molar-refractivity contribution in [1.29, 1.82) is 0 Å². The van der Waals surface area contributed by atoms with Crippen LogP contribution in [0, 0.1) is 5.41 Å². The molecular weight excluding hydrogens is 205 g/mol. The number of nitrogens with zero attached hydrogens (tertiary/aromatic N) is 1. The first kappa shape index (κ1) is 13.4. The molecule has 0 saturated carbocycles. The second kappa shape index (κ2) is 5.09. The van der Waals surface area contributed by atoms with Crippen LogP contribution < -0.4 is 0 Å². The van der Waals surface area contributed by atoms with E-state index in [2.05, 4.69) is 4.90 Å². The SMILES string of the molecule is CN1CCC[C@H]1/C=C(\F)C(=O)CC(C)(C)C. The van der Waals surface area contributed by atoms with Crippen LogP contribution in [0.2, 0.25) is 0 Å². The lowest BCUT2D eigenvalue weighted by atomic mass is 9.89. The Hall–Kier alpha value is -0.700. The summed E-state index contributed by atoms with van der Waals surface area (Å²) in [6.45, 7) is 6.82. The molecule has 1 atom stereocenters. The summed E-state index contributed by atoms with van der Waals surface area (Å²) in [5, 5.41) is 0. The molecule has 3 heteroatoms. The number of halogens is 1. The number of hydrogen-bond donors (Lipinski definition) is 0. The minimum Gasteiger partial charge on any atom is -0.300 e. The lowest BCUT2D eigenvalue weighted by Gasteiger charge is -2.18. The molecule has 1 fully saturated rings. The molecule has 1 aliphatic rings. The van der Waals surface area contributed by atoms with E-state index < -0.39 is 5.83 Å². The number of carbonyl (C=O) groups excluding carboxylic acids is 1. The van der Waals surface area contributed by atoms with Gasteiger partial charge in [0, 0.05) is 12.5 Å². The smallest absolute Gasteiger partial charge is 0.191 e. The Morgan fingerprint density at radius 1 is 1.50 bits per heavy atom. The number of carbonyl (C=O) groups is 1. The summed E-state index contributed by atoms with van der Waals surface area (Å²) in [5.74, 6) is -0.929. The molecule has 16 heavy (non-hydrogen) atoms. The highest BCUT2D eigenvalue weighted by Gasteiger charge is 2.23. The minimum atomic E-state index is -0.561. The van der Waals surface area contributed by atoms with Crippen molar-refractivity contribution in [1.82, 2.24) is 4.90 Å². The quantitative estimate of drug-likeness (QED) is 0.691. The highest BCUT2D eigenvalue weighted by molar-refractivity contribution is 5.93. The van der Waals surface area contributed by atoms with Crippen LogP contribution >= 0.6 is 0 Å². The zero-order valence-corrected chi connectivity index (χ0v) is 10.7. The van der Waals surface area contributed by atoms with Gasteiger partial charge in [-0.2, -0.15) is 0 Å². The summed E-state index contributed by atoms with van der Waals surface area (Å²) < 4.78 is 13.6. The van der Waals surface area contributed by atoms with Crippen molar-refractivity contribution in [3.8, 4) is 0 Å². The van der Waals surface area contributed by atoms with Gasteiger partial charge in [0.15, 0.2) is 11.6 Å². The van der Waals surface area contributed by atoms with Crippen LogP contribution in [0.25, 0.3) is 0 Å². The first-order valence-electron chi connectivity index (χ1n) is 5.90. The molecule has 0 spiro atoms. The normalized spacial score (nSPS) is 23.8. The third-order valence-electron chi connectivity index (χ3n) is 2.87. The third kappa shape index (κ3) is 4.05. The van der Waals surface area contributed by atoms with Gasteiger partial charge < -0.3 is 0 Å². The molecule has 0 unspecified atom stereocenters. The number of rotatable bonds is 3. The molecule has 1 rings (SSSR count). The molecule has 2 nitrogen and oxygen atoms in total. The van der Waals surface area contributed by atoms with E-state index in [9.17, 15) is 9.18 Å². The van der Waals surface area contributed by atoms with E-state index in [0.29, 0.717) is 0 Å². The van der Waals surface area contributed by atoms with Gasteiger partial charge in [0.25, 0.3) is 0 Å². The molecule has 0 radical (unpaired) electrons. The van der Waals surface area contributed by atoms with Gasteiger partial charge in [-0.15, -0.1) is 0 Å². The van der Waals surface area contributed by atoms with Gasteiger partial charge in [0.1, 0.15) is 0 Å². The average molecular weight is 227 g/mol. The molecule has 92 valence electrons. The van der Waals surface area contributed by atoms with Crippen molar-refractivity contribution < 1.29 is 9.18 Å². The molecule has 1 heterocycles. The highest BCUT2D eigenvalue weighted by Crippen LogP contribution is 2.23. The molecule has 0 aromatic heterocycles. The zero-order chi connectivity index (χ0) is 12.3. The first-order valence-corrected chi connectivity index (χ1v) is 5.90. The van der Waals surface area contributed by atoms with Gasteiger partial charge in [0.2, 0.25) is 0 Å². The van der Waals surface area contributed by atoms with Crippen molar-refractivity contribution >= 4 is 5.78 Å². The Morgan fingerprint density at radius 2 is 2.12 bits per heavy atom. The van der Waals surface area contributed by atoms with Crippen LogP contribution in [0.15, 0.2) is 11.9 Å². The molecule has 0 aromatic rings. The lowest BCUT2D eigenvalue weighted by Crippen LogP contribution is -2.23. The molecule has 1 aliphatic heterocycles. The predicted molar refractivity (Wildman–Crippen MR) is 63.9 cm³/mol. The van der Waals surface area contributed by atoms with E-state index in [1.54, 1.807) is 0 Å². The Morgan fingerprint density at radius 3 is 2.56 bits per heavy atom. The van der Waals surface area contributed by atoms with Gasteiger partial charge in [-0.3, -0.25) is 9.69 Å². The molecule has 0 aromatic carbocycles. The maximum atomic E-state index is 13.6. The van der Waals surface area contributed by atoms with E-state index in [1.165, 1.54) is 6.08 Å². The van der Waals surface area contributed by atoms with Crippen molar-refractivity contribution in [3.63, 3.8) is 0 Å². The summed E-state index contributed by atoms with van der Waals surface area (Å²) >= 11 is 0. The second-order valence-corrected chi connectivity index (χ2v) is 5.87. The summed E-state index contributed by atoms with van der Waals surface area (Å²) in [4.78, 5) is 13.7. The van der Waals surface area contributed by atoms with E-state index in [1.807, 2.05) is 27.8 Å². The van der Waals surface area contributed by atoms with Gasteiger partial charge in [0.05, 0.1) is 0 Å². The van der Waals surface area contributed by atoms with Crippen molar-refractivity contribution in [2.75, 3.05) is 13.6 Å². The molecular formula is C13H22FNO.